The lowest BCUT2D eigenvalue weighted by Crippen LogP contribution is -2.47. The standard InChI is InChI=1S/C20H30F3N3O3S/c1-13(2)16-6-5-7-17(14(3)4)18(16)24-19(27)25-30(28,29)15-8-10-26(11-9-15)12-20(21,22)23/h5-7,13-15H,8-12H2,1-4H3,(H2,24,25,27). The van der Waals surface area contributed by atoms with Crippen LogP contribution in [0.25, 0.3) is 0 Å². The van der Waals surface area contributed by atoms with Gasteiger partial charge in [0.15, 0.2) is 0 Å². The molecule has 1 aliphatic rings. The summed E-state index contributed by atoms with van der Waals surface area (Å²) in [6.45, 7) is 6.89. The molecule has 30 heavy (non-hydrogen) atoms. The van der Waals surface area contributed by atoms with Crippen LogP contribution >= 0.6 is 0 Å². The first-order valence-corrected chi connectivity index (χ1v) is 11.6. The fourth-order valence-electron chi connectivity index (χ4n) is 3.68. The summed E-state index contributed by atoms with van der Waals surface area (Å²) >= 11 is 0. The van der Waals surface area contributed by atoms with Gasteiger partial charge in [-0.1, -0.05) is 45.9 Å². The summed E-state index contributed by atoms with van der Waals surface area (Å²) in [5, 5.41) is 1.78. The summed E-state index contributed by atoms with van der Waals surface area (Å²) in [5.74, 6) is 0.238. The van der Waals surface area contributed by atoms with E-state index in [4.69, 9.17) is 0 Å². The number of amides is 2. The molecule has 0 aliphatic carbocycles. The summed E-state index contributed by atoms with van der Waals surface area (Å²) in [7, 11) is -4.01. The molecule has 0 spiro atoms. The topological polar surface area (TPSA) is 78.5 Å². The minimum atomic E-state index is -4.32. The largest absolute Gasteiger partial charge is 0.401 e. The Balaban J connectivity index is 2.07. The van der Waals surface area contributed by atoms with Gasteiger partial charge in [-0.05, 0) is 48.9 Å². The number of urea groups is 1. The van der Waals surface area contributed by atoms with Crippen molar-refractivity contribution in [2.24, 2.45) is 0 Å². The van der Waals surface area contributed by atoms with E-state index in [9.17, 15) is 26.4 Å². The number of alkyl halides is 3. The van der Waals surface area contributed by atoms with Crippen LogP contribution in [-0.4, -0.2) is 50.4 Å². The molecule has 6 nitrogen and oxygen atoms in total. The van der Waals surface area contributed by atoms with E-state index in [2.05, 4.69) is 10.0 Å². The van der Waals surface area contributed by atoms with E-state index in [1.807, 2.05) is 45.9 Å². The molecule has 2 amide bonds. The van der Waals surface area contributed by atoms with Gasteiger partial charge in [0.25, 0.3) is 0 Å². The first-order valence-electron chi connectivity index (χ1n) is 10.0. The molecule has 170 valence electrons. The van der Waals surface area contributed by atoms with Crippen LogP contribution in [0.4, 0.5) is 23.7 Å². The summed E-state index contributed by atoms with van der Waals surface area (Å²) in [6.07, 6.45) is -4.24. The summed E-state index contributed by atoms with van der Waals surface area (Å²) in [4.78, 5) is 13.7. The van der Waals surface area contributed by atoms with Gasteiger partial charge < -0.3 is 5.32 Å². The molecule has 2 rings (SSSR count). The van der Waals surface area contributed by atoms with Gasteiger partial charge in [-0.15, -0.1) is 0 Å². The number of carbonyl (C=O) groups is 1. The van der Waals surface area contributed by atoms with E-state index >= 15 is 0 Å². The fraction of sp³-hybridized carbons (Fsp3) is 0.650. The molecular formula is C20H30F3N3O3S. The molecule has 1 aromatic carbocycles. The number of hydrogen-bond donors (Lipinski definition) is 2. The van der Waals surface area contributed by atoms with Crippen molar-refractivity contribution in [1.29, 1.82) is 0 Å². The highest BCUT2D eigenvalue weighted by Gasteiger charge is 2.36. The molecule has 0 aromatic heterocycles. The average Bonchev–Trinajstić information content (AvgIpc) is 2.60. The zero-order chi connectivity index (χ0) is 22.7. The van der Waals surface area contributed by atoms with Gasteiger partial charge in [0.1, 0.15) is 0 Å². The van der Waals surface area contributed by atoms with Gasteiger partial charge >= 0.3 is 12.2 Å². The summed E-state index contributed by atoms with van der Waals surface area (Å²) in [6, 6.07) is 4.82. The number of benzene rings is 1. The van der Waals surface area contributed by atoms with Gasteiger partial charge in [0.2, 0.25) is 10.0 Å². The Hall–Kier alpha value is -1.81. The maximum absolute atomic E-state index is 12.6. The van der Waals surface area contributed by atoms with E-state index in [-0.39, 0.29) is 37.8 Å². The van der Waals surface area contributed by atoms with Gasteiger partial charge in [-0.2, -0.15) is 13.2 Å². The number of sulfonamides is 1. The summed E-state index contributed by atoms with van der Waals surface area (Å²) in [5.41, 5.74) is 2.39. The van der Waals surface area contributed by atoms with Crippen LogP contribution in [0.3, 0.4) is 0 Å². The molecule has 10 heteroatoms. The number of halogens is 3. The smallest absolute Gasteiger partial charge is 0.307 e. The Morgan fingerprint density at radius 3 is 2.03 bits per heavy atom. The second kappa shape index (κ2) is 9.55. The Morgan fingerprint density at radius 2 is 1.60 bits per heavy atom. The van der Waals surface area contributed by atoms with Crippen LogP contribution < -0.4 is 10.0 Å². The zero-order valence-electron chi connectivity index (χ0n) is 17.7. The Labute approximate surface area is 176 Å². The second-order valence-electron chi connectivity index (χ2n) is 8.31. The number of carbonyl (C=O) groups excluding carboxylic acids is 1. The molecule has 1 heterocycles. The lowest BCUT2D eigenvalue weighted by atomic mass is 9.93. The quantitative estimate of drug-likeness (QED) is 0.674. The van der Waals surface area contributed by atoms with Crippen molar-refractivity contribution < 1.29 is 26.4 Å². The van der Waals surface area contributed by atoms with Gasteiger partial charge in [-0.3, -0.25) is 4.90 Å². The van der Waals surface area contributed by atoms with Crippen LogP contribution in [-0.2, 0) is 10.0 Å². The minimum Gasteiger partial charge on any atom is -0.307 e. The van der Waals surface area contributed by atoms with Crippen molar-refractivity contribution >= 4 is 21.7 Å². The third kappa shape index (κ3) is 6.60. The lowest BCUT2D eigenvalue weighted by Gasteiger charge is -2.32. The molecule has 2 N–H and O–H groups in total. The highest BCUT2D eigenvalue weighted by Crippen LogP contribution is 2.32. The van der Waals surface area contributed by atoms with Crippen LogP contribution in [0.1, 0.15) is 63.5 Å². The minimum absolute atomic E-state index is 0.0143. The van der Waals surface area contributed by atoms with Crippen molar-refractivity contribution in [3.63, 3.8) is 0 Å². The first kappa shape index (κ1) is 24.5. The van der Waals surface area contributed by atoms with Crippen molar-refractivity contribution in [3.05, 3.63) is 29.3 Å². The number of piperidine rings is 1. The molecule has 0 bridgehead atoms. The van der Waals surface area contributed by atoms with Gasteiger partial charge in [0.05, 0.1) is 11.8 Å². The second-order valence-corrected chi connectivity index (χ2v) is 10.3. The Kier molecular flexibility index (Phi) is 7.79. The molecule has 0 atom stereocenters. The normalized spacial score (nSPS) is 16.8. The maximum Gasteiger partial charge on any atom is 0.401 e. The van der Waals surface area contributed by atoms with E-state index in [0.717, 1.165) is 11.1 Å². The molecule has 1 aliphatic heterocycles. The van der Waals surface area contributed by atoms with Gasteiger partial charge in [0, 0.05) is 5.69 Å². The monoisotopic (exact) mass is 449 g/mol. The Bertz CT molecular complexity index is 820. The van der Waals surface area contributed by atoms with Crippen LogP contribution in [0.2, 0.25) is 0 Å². The molecular weight excluding hydrogens is 419 g/mol. The highest BCUT2D eigenvalue weighted by atomic mass is 32.2. The molecule has 1 saturated heterocycles. The number of anilines is 1. The Morgan fingerprint density at radius 1 is 1.10 bits per heavy atom. The SMILES string of the molecule is CC(C)c1cccc(C(C)C)c1NC(=O)NS(=O)(=O)C1CCN(CC(F)(F)F)CC1. The predicted molar refractivity (Wildman–Crippen MR) is 111 cm³/mol. The number of nitrogens with one attached hydrogen (secondary N) is 2. The molecule has 0 radical (unpaired) electrons. The average molecular weight is 450 g/mol. The molecule has 0 saturated carbocycles. The van der Waals surface area contributed by atoms with Crippen LogP contribution in [0.15, 0.2) is 18.2 Å². The number of para-hydroxylation sites is 1. The third-order valence-corrected chi connectivity index (χ3v) is 7.04. The summed E-state index contributed by atoms with van der Waals surface area (Å²) < 4.78 is 64.8. The van der Waals surface area contributed by atoms with E-state index in [0.29, 0.717) is 5.69 Å². The van der Waals surface area contributed by atoms with E-state index < -0.39 is 34.0 Å². The third-order valence-electron chi connectivity index (χ3n) is 5.22. The number of hydrogen-bond acceptors (Lipinski definition) is 4. The highest BCUT2D eigenvalue weighted by molar-refractivity contribution is 7.90. The molecule has 1 aromatic rings. The van der Waals surface area contributed by atoms with E-state index in [1.54, 1.807) is 0 Å². The van der Waals surface area contributed by atoms with Crippen molar-refractivity contribution in [3.8, 4) is 0 Å². The number of rotatable bonds is 6. The fourth-order valence-corrected chi connectivity index (χ4v) is 4.99. The van der Waals surface area contributed by atoms with E-state index in [1.165, 1.54) is 4.90 Å². The van der Waals surface area contributed by atoms with Crippen LogP contribution in [0.5, 0.6) is 0 Å². The molecule has 1 fully saturated rings. The predicted octanol–water partition coefficient (Wildman–Crippen LogP) is 4.41. The van der Waals surface area contributed by atoms with Crippen molar-refractivity contribution in [2.75, 3.05) is 25.0 Å². The first-order chi connectivity index (χ1) is 13.8. The van der Waals surface area contributed by atoms with Crippen molar-refractivity contribution in [1.82, 2.24) is 9.62 Å². The number of nitrogens with zero attached hydrogens (tertiary/aromatic N) is 1. The number of likely N-dealkylation sites (tertiary alicyclic amines) is 1. The molecule has 0 unspecified atom stereocenters. The van der Waals surface area contributed by atoms with Crippen LogP contribution in [0, 0.1) is 0 Å². The zero-order valence-corrected chi connectivity index (χ0v) is 18.5. The maximum atomic E-state index is 12.6. The van der Waals surface area contributed by atoms with Gasteiger partial charge in [-0.25, -0.2) is 17.9 Å². The van der Waals surface area contributed by atoms with Crippen molar-refractivity contribution in [2.45, 2.75) is 63.8 Å². The lowest BCUT2D eigenvalue weighted by molar-refractivity contribution is -0.147.